The molecule has 0 aliphatic carbocycles. The van der Waals surface area contributed by atoms with Crippen LogP contribution >= 0.6 is 0 Å². The largest absolute Gasteiger partial charge is 0.342 e. The van der Waals surface area contributed by atoms with E-state index in [2.05, 4.69) is 14.9 Å². The number of para-hydroxylation sites is 1. The molecule has 0 bridgehead atoms. The normalized spacial score (nSPS) is 14.7. The Balaban J connectivity index is 1.29. The number of rotatable bonds is 4. The molecule has 8 heteroatoms. The van der Waals surface area contributed by atoms with E-state index >= 15 is 0 Å². The highest BCUT2D eigenvalue weighted by molar-refractivity contribution is 5.78. The predicted octanol–water partition coefficient (Wildman–Crippen LogP) is 2.47. The van der Waals surface area contributed by atoms with Crippen LogP contribution in [0.25, 0.3) is 22.2 Å². The fourth-order valence-electron chi connectivity index (χ4n) is 4.33. The molecule has 8 nitrogen and oxygen atoms in total. The first-order chi connectivity index (χ1) is 15.6. The number of hydrogen-bond donors (Lipinski definition) is 0. The molecule has 0 amide bonds. The van der Waals surface area contributed by atoms with Gasteiger partial charge in [0.1, 0.15) is 0 Å². The number of anilines is 1. The van der Waals surface area contributed by atoms with Crippen molar-refractivity contribution in [2.75, 3.05) is 18.0 Å². The smallest absolute Gasteiger partial charge is 0.262 e. The maximum atomic E-state index is 12.7. The molecule has 5 rings (SSSR count). The Bertz CT molecular complexity index is 1370. The van der Waals surface area contributed by atoms with E-state index in [-0.39, 0.29) is 11.1 Å². The van der Waals surface area contributed by atoms with Crippen molar-refractivity contribution in [1.82, 2.24) is 24.1 Å². The average Bonchev–Trinajstić information content (AvgIpc) is 2.84. The summed E-state index contributed by atoms with van der Waals surface area (Å²) in [7, 11) is 1.78. The second-order valence-electron chi connectivity index (χ2n) is 8.22. The summed E-state index contributed by atoms with van der Waals surface area (Å²) in [5, 5.41) is 0.635. The number of pyridine rings is 1. The molecular weight excluding hydrogens is 404 g/mol. The zero-order valence-corrected chi connectivity index (χ0v) is 17.9. The maximum Gasteiger partial charge on any atom is 0.262 e. The highest BCUT2D eigenvalue weighted by Crippen LogP contribution is 2.23. The van der Waals surface area contributed by atoms with Crippen molar-refractivity contribution >= 4 is 16.9 Å². The zero-order chi connectivity index (χ0) is 22.1. The van der Waals surface area contributed by atoms with Gasteiger partial charge in [-0.3, -0.25) is 23.7 Å². The summed E-state index contributed by atoms with van der Waals surface area (Å²) >= 11 is 0. The van der Waals surface area contributed by atoms with Crippen molar-refractivity contribution in [1.29, 1.82) is 0 Å². The Hall–Kier alpha value is -3.81. The lowest BCUT2D eigenvalue weighted by atomic mass is 9.97. The van der Waals surface area contributed by atoms with Crippen molar-refractivity contribution in [3.05, 3.63) is 81.9 Å². The van der Waals surface area contributed by atoms with Gasteiger partial charge < -0.3 is 4.90 Å². The summed E-state index contributed by atoms with van der Waals surface area (Å²) in [6.07, 6.45) is 6.86. The lowest BCUT2D eigenvalue weighted by molar-refractivity contribution is 0.348. The number of nitrogens with zero attached hydrogens (tertiary/aromatic N) is 6. The van der Waals surface area contributed by atoms with Crippen molar-refractivity contribution in [3.8, 4) is 11.3 Å². The molecule has 1 fully saturated rings. The zero-order valence-electron chi connectivity index (χ0n) is 17.9. The van der Waals surface area contributed by atoms with Crippen LogP contribution in [0.1, 0.15) is 12.8 Å². The molecule has 0 N–H and O–H groups in total. The van der Waals surface area contributed by atoms with E-state index < -0.39 is 0 Å². The molecule has 4 heterocycles. The molecule has 1 saturated heterocycles. The molecule has 0 unspecified atom stereocenters. The lowest BCUT2D eigenvalue weighted by Gasteiger charge is -2.33. The van der Waals surface area contributed by atoms with Crippen LogP contribution in [0.3, 0.4) is 0 Å². The molecule has 0 atom stereocenters. The van der Waals surface area contributed by atoms with Gasteiger partial charge in [0, 0.05) is 50.7 Å². The van der Waals surface area contributed by atoms with Gasteiger partial charge in [0.05, 0.1) is 22.9 Å². The summed E-state index contributed by atoms with van der Waals surface area (Å²) < 4.78 is 3.32. The quantitative estimate of drug-likeness (QED) is 0.496. The SMILES string of the molecule is Cn1c(N2CCC(Cn3cnc(-c4ccncc4)cc3=O)CC2)nc2ccccc2c1=O. The van der Waals surface area contributed by atoms with Crippen LogP contribution < -0.4 is 16.0 Å². The van der Waals surface area contributed by atoms with Gasteiger partial charge in [0.2, 0.25) is 5.95 Å². The third kappa shape index (κ3) is 3.79. The van der Waals surface area contributed by atoms with E-state index in [1.165, 1.54) is 0 Å². The van der Waals surface area contributed by atoms with E-state index in [4.69, 9.17) is 4.98 Å². The average molecular weight is 428 g/mol. The molecule has 3 aromatic heterocycles. The second kappa shape index (κ2) is 8.37. The van der Waals surface area contributed by atoms with Gasteiger partial charge in [0.25, 0.3) is 11.1 Å². The van der Waals surface area contributed by atoms with Crippen molar-refractivity contribution in [3.63, 3.8) is 0 Å². The fraction of sp³-hybridized carbons (Fsp3) is 0.292. The van der Waals surface area contributed by atoms with E-state index in [0.717, 1.165) is 37.0 Å². The van der Waals surface area contributed by atoms with Gasteiger partial charge in [-0.2, -0.15) is 0 Å². The van der Waals surface area contributed by atoms with Gasteiger partial charge in [0.15, 0.2) is 0 Å². The summed E-state index contributed by atoms with van der Waals surface area (Å²) in [5.41, 5.74) is 2.19. The third-order valence-electron chi connectivity index (χ3n) is 6.17. The first-order valence-electron chi connectivity index (χ1n) is 10.8. The number of hydrogen-bond acceptors (Lipinski definition) is 6. The standard InChI is InChI=1S/C24H24N6O2/c1-28-23(32)19-4-2-3-5-20(19)27-24(28)29-12-8-17(9-13-29)15-30-16-26-21(14-22(30)31)18-6-10-25-11-7-18/h2-7,10-11,14,16-17H,8-9,12-13,15H2,1H3. The van der Waals surface area contributed by atoms with Gasteiger partial charge >= 0.3 is 0 Å². The summed E-state index contributed by atoms with van der Waals surface area (Å²) in [6.45, 7) is 2.22. The molecule has 4 aromatic rings. The van der Waals surface area contributed by atoms with Crippen LogP contribution in [-0.4, -0.2) is 37.2 Å². The molecule has 1 aliphatic heterocycles. The second-order valence-corrected chi connectivity index (χ2v) is 8.22. The minimum absolute atomic E-state index is 0.0281. The number of benzene rings is 1. The summed E-state index contributed by atoms with van der Waals surface area (Å²) in [6, 6.07) is 12.7. The fourth-order valence-corrected chi connectivity index (χ4v) is 4.33. The first kappa shape index (κ1) is 20.1. The molecule has 32 heavy (non-hydrogen) atoms. The number of aromatic nitrogens is 5. The van der Waals surface area contributed by atoms with Gasteiger partial charge in [-0.25, -0.2) is 9.97 Å². The third-order valence-corrected chi connectivity index (χ3v) is 6.17. The van der Waals surface area contributed by atoms with Gasteiger partial charge in [-0.15, -0.1) is 0 Å². The molecule has 1 aliphatic rings. The van der Waals surface area contributed by atoms with Crippen LogP contribution in [0.2, 0.25) is 0 Å². The van der Waals surface area contributed by atoms with E-state index in [1.54, 1.807) is 41.0 Å². The Morgan fingerprint density at radius 2 is 1.78 bits per heavy atom. The van der Waals surface area contributed by atoms with Gasteiger partial charge in [-0.05, 0) is 43.0 Å². The Kier molecular flexibility index (Phi) is 5.26. The van der Waals surface area contributed by atoms with Crippen LogP contribution in [0.5, 0.6) is 0 Å². The Morgan fingerprint density at radius 1 is 1.03 bits per heavy atom. The minimum atomic E-state index is -0.0483. The van der Waals surface area contributed by atoms with Crippen LogP contribution in [0.4, 0.5) is 5.95 Å². The van der Waals surface area contributed by atoms with Gasteiger partial charge in [-0.1, -0.05) is 12.1 Å². The van der Waals surface area contributed by atoms with E-state index in [9.17, 15) is 9.59 Å². The monoisotopic (exact) mass is 428 g/mol. The first-order valence-corrected chi connectivity index (χ1v) is 10.8. The van der Waals surface area contributed by atoms with E-state index in [1.807, 2.05) is 36.4 Å². The maximum absolute atomic E-state index is 12.7. The molecule has 1 aromatic carbocycles. The molecule has 162 valence electrons. The number of piperidine rings is 1. The topological polar surface area (TPSA) is 85.9 Å². The highest BCUT2D eigenvalue weighted by Gasteiger charge is 2.23. The molecular formula is C24H24N6O2. The summed E-state index contributed by atoms with van der Waals surface area (Å²) in [4.78, 5) is 40.7. The highest BCUT2D eigenvalue weighted by atomic mass is 16.1. The number of fused-ring (bicyclic) bond motifs is 1. The van der Waals surface area contributed by atoms with Crippen molar-refractivity contribution < 1.29 is 0 Å². The minimum Gasteiger partial charge on any atom is -0.342 e. The molecule has 0 saturated carbocycles. The molecule has 0 spiro atoms. The van der Waals surface area contributed by atoms with Crippen molar-refractivity contribution in [2.24, 2.45) is 13.0 Å². The van der Waals surface area contributed by atoms with Crippen LogP contribution in [0, 0.1) is 5.92 Å². The summed E-state index contributed by atoms with van der Waals surface area (Å²) in [5.74, 6) is 1.07. The Morgan fingerprint density at radius 3 is 2.53 bits per heavy atom. The molecule has 0 radical (unpaired) electrons. The lowest BCUT2D eigenvalue weighted by Crippen LogP contribution is -2.39. The van der Waals surface area contributed by atoms with Crippen molar-refractivity contribution in [2.45, 2.75) is 19.4 Å². The van der Waals surface area contributed by atoms with Crippen LogP contribution in [0.15, 0.2) is 70.8 Å². The Labute approximate surface area is 184 Å². The van der Waals surface area contributed by atoms with E-state index in [0.29, 0.717) is 29.5 Å². The van der Waals surface area contributed by atoms with Crippen LogP contribution in [-0.2, 0) is 13.6 Å². The predicted molar refractivity (Wildman–Crippen MR) is 124 cm³/mol.